The number of ether oxygens (including phenoxy) is 5. The van der Waals surface area contributed by atoms with Crippen molar-refractivity contribution >= 4 is 11.8 Å². The third-order valence-electron chi connectivity index (χ3n) is 7.15. The lowest BCUT2D eigenvalue weighted by Gasteiger charge is -2.47. The number of nitrogens with one attached hydrogen (secondary N) is 2. The highest BCUT2D eigenvalue weighted by Gasteiger charge is 2.52. The monoisotopic (exact) mass is 584 g/mol. The second-order valence-corrected chi connectivity index (χ2v) is 10.2. The predicted molar refractivity (Wildman–Crippen MR) is 128 cm³/mol. The van der Waals surface area contributed by atoms with Crippen molar-refractivity contribution in [1.82, 2.24) is 10.6 Å². The van der Waals surface area contributed by atoms with E-state index in [1.807, 2.05) is 0 Å². The number of carbonyl (C=O) groups is 2. The average Bonchev–Trinajstić information content (AvgIpc) is 2.90. The Morgan fingerprint density at radius 2 is 1.23 bits per heavy atom. The highest BCUT2D eigenvalue weighted by molar-refractivity contribution is 5.73. The molecule has 0 bridgehead atoms. The summed E-state index contributed by atoms with van der Waals surface area (Å²) in [5.41, 5.74) is 0. The van der Waals surface area contributed by atoms with Gasteiger partial charge in [0, 0.05) is 13.8 Å². The van der Waals surface area contributed by atoms with Crippen molar-refractivity contribution in [2.45, 2.75) is 113 Å². The van der Waals surface area contributed by atoms with E-state index in [4.69, 9.17) is 23.7 Å². The summed E-state index contributed by atoms with van der Waals surface area (Å²) in [5, 5.41) is 86.8. The second-order valence-electron chi connectivity index (χ2n) is 10.2. The van der Waals surface area contributed by atoms with E-state index in [-0.39, 0.29) is 0 Å². The van der Waals surface area contributed by atoms with Crippen LogP contribution in [0, 0.1) is 0 Å². The molecule has 2 amide bonds. The van der Waals surface area contributed by atoms with Gasteiger partial charge in [0.1, 0.15) is 67.1 Å². The van der Waals surface area contributed by atoms with Gasteiger partial charge in [-0.25, -0.2) is 0 Å². The average molecular weight is 585 g/mol. The van der Waals surface area contributed by atoms with Gasteiger partial charge in [0.2, 0.25) is 11.8 Å². The fourth-order valence-electron chi connectivity index (χ4n) is 5.02. The molecule has 10 N–H and O–H groups in total. The van der Waals surface area contributed by atoms with Crippen LogP contribution in [0.2, 0.25) is 0 Å². The zero-order chi connectivity index (χ0) is 29.9. The number of hydrogen-bond acceptors (Lipinski definition) is 15. The zero-order valence-electron chi connectivity index (χ0n) is 22.2. The van der Waals surface area contributed by atoms with E-state index in [0.29, 0.717) is 0 Å². The summed E-state index contributed by atoms with van der Waals surface area (Å²) in [5.74, 6) is -1.04. The summed E-state index contributed by atoms with van der Waals surface area (Å²) in [6.45, 7) is 2.11. The van der Waals surface area contributed by atoms with Gasteiger partial charge < -0.3 is 75.2 Å². The van der Waals surface area contributed by atoms with E-state index < -0.39 is 123 Å². The molecule has 0 aromatic carbocycles. The fourth-order valence-corrected chi connectivity index (χ4v) is 5.02. The molecule has 0 aromatic rings. The van der Waals surface area contributed by atoms with Crippen molar-refractivity contribution in [1.29, 1.82) is 0 Å². The summed E-state index contributed by atoms with van der Waals surface area (Å²) < 4.78 is 28.1. The maximum absolute atomic E-state index is 11.9. The van der Waals surface area contributed by atoms with Crippen molar-refractivity contribution < 1.29 is 74.1 Å². The fraction of sp³-hybridized carbons (Fsp3) is 0.913. The van der Waals surface area contributed by atoms with Gasteiger partial charge in [-0.2, -0.15) is 0 Å². The van der Waals surface area contributed by atoms with Crippen molar-refractivity contribution in [3.8, 4) is 0 Å². The molecule has 0 aliphatic carbocycles. The molecule has 6 unspecified atom stereocenters. The lowest BCUT2D eigenvalue weighted by molar-refractivity contribution is -0.350. The first-order valence-electron chi connectivity index (χ1n) is 12.9. The number of hydrogen-bond donors (Lipinski definition) is 10. The van der Waals surface area contributed by atoms with Gasteiger partial charge in [-0.15, -0.1) is 0 Å². The van der Waals surface area contributed by atoms with Crippen LogP contribution in [-0.2, 0) is 33.3 Å². The SMILES string of the molecule is CC(=O)NC1[C@H](C)OC(CO[C@@H]2OC(CO)[C@H](O[C@@H]3OC(CO)[C@H](O)[C@H](O)C3O)[C@H](O)C2NC(C)=O)[C@H](O)[C@@H]1O. The van der Waals surface area contributed by atoms with E-state index in [0.717, 1.165) is 6.92 Å². The Morgan fingerprint density at radius 1 is 0.675 bits per heavy atom. The van der Waals surface area contributed by atoms with Gasteiger partial charge in [0.15, 0.2) is 12.6 Å². The summed E-state index contributed by atoms with van der Waals surface area (Å²) >= 11 is 0. The molecule has 0 spiro atoms. The van der Waals surface area contributed by atoms with Gasteiger partial charge >= 0.3 is 0 Å². The largest absolute Gasteiger partial charge is 0.394 e. The number of aliphatic hydroxyl groups is 8. The maximum atomic E-state index is 11.9. The molecule has 0 radical (unpaired) electrons. The third kappa shape index (κ3) is 7.24. The standard InChI is InChI=1S/C23H40N2O15/c1-7-13(24-8(2)28)17(32)16(31)12(37-7)6-36-22-14(25-9(3)29)18(33)21(11(5-27)39-22)40-23-20(35)19(34)15(30)10(4-26)38-23/h7,10-23,26-27,30-35H,4-6H2,1-3H3,(H,24,28)(H,25,29)/t7-,10?,11?,12?,13?,14?,15-,16-,17+,18+,19-,20?,21-,22+,23-/m0/s1. The minimum Gasteiger partial charge on any atom is -0.394 e. The Bertz CT molecular complexity index is 851. The molecule has 15 atom stereocenters. The van der Waals surface area contributed by atoms with Gasteiger partial charge in [-0.05, 0) is 6.92 Å². The van der Waals surface area contributed by atoms with Crippen molar-refractivity contribution in [3.05, 3.63) is 0 Å². The summed E-state index contributed by atoms with van der Waals surface area (Å²) in [6, 6.07) is -2.21. The normalized spacial score (nSPS) is 46.0. The van der Waals surface area contributed by atoms with E-state index in [1.165, 1.54) is 6.92 Å². The minimum absolute atomic E-state index is 0.404. The van der Waals surface area contributed by atoms with Gasteiger partial charge in [-0.1, -0.05) is 0 Å². The number of rotatable bonds is 9. The Morgan fingerprint density at radius 3 is 1.80 bits per heavy atom. The molecule has 3 heterocycles. The van der Waals surface area contributed by atoms with Crippen LogP contribution in [0.15, 0.2) is 0 Å². The number of aliphatic hydroxyl groups excluding tert-OH is 8. The lowest BCUT2D eigenvalue weighted by Crippen LogP contribution is -2.68. The zero-order valence-corrected chi connectivity index (χ0v) is 22.2. The Balaban J connectivity index is 1.73. The molecule has 0 aromatic heterocycles. The predicted octanol–water partition coefficient (Wildman–Crippen LogP) is -6.22. The van der Waals surface area contributed by atoms with Crippen LogP contribution < -0.4 is 10.6 Å². The minimum atomic E-state index is -1.81. The van der Waals surface area contributed by atoms with E-state index >= 15 is 0 Å². The second kappa shape index (κ2) is 14.1. The van der Waals surface area contributed by atoms with Crippen LogP contribution in [0.4, 0.5) is 0 Å². The molecule has 3 rings (SSSR count). The molecule has 0 saturated carbocycles. The summed E-state index contributed by atoms with van der Waals surface area (Å²) in [4.78, 5) is 23.3. The smallest absolute Gasteiger partial charge is 0.217 e. The van der Waals surface area contributed by atoms with Crippen LogP contribution in [0.5, 0.6) is 0 Å². The van der Waals surface area contributed by atoms with Gasteiger partial charge in [-0.3, -0.25) is 9.59 Å². The Hall–Kier alpha value is -1.58. The van der Waals surface area contributed by atoms with Crippen LogP contribution in [0.3, 0.4) is 0 Å². The van der Waals surface area contributed by atoms with Gasteiger partial charge in [0.25, 0.3) is 0 Å². The third-order valence-corrected chi connectivity index (χ3v) is 7.15. The first kappa shape index (κ1) is 32.9. The summed E-state index contributed by atoms with van der Waals surface area (Å²) in [6.07, 6.45) is -18.8. The molecular weight excluding hydrogens is 544 g/mol. The maximum Gasteiger partial charge on any atom is 0.217 e. The first-order valence-corrected chi connectivity index (χ1v) is 12.9. The van der Waals surface area contributed by atoms with E-state index in [9.17, 15) is 50.4 Å². The number of amides is 2. The molecule has 3 aliphatic heterocycles. The molecule has 17 nitrogen and oxygen atoms in total. The molecule has 3 fully saturated rings. The molecular formula is C23H40N2O15. The highest BCUT2D eigenvalue weighted by atomic mass is 16.7. The van der Waals surface area contributed by atoms with Gasteiger partial charge in [0.05, 0.1) is 32.0 Å². The van der Waals surface area contributed by atoms with Crippen molar-refractivity contribution in [2.75, 3.05) is 19.8 Å². The highest BCUT2D eigenvalue weighted by Crippen LogP contribution is 2.30. The Labute approximate surface area is 229 Å². The first-order chi connectivity index (χ1) is 18.8. The molecule has 3 aliphatic rings. The lowest BCUT2D eigenvalue weighted by atomic mass is 9.93. The van der Waals surface area contributed by atoms with Crippen molar-refractivity contribution in [2.24, 2.45) is 0 Å². The van der Waals surface area contributed by atoms with E-state index in [1.54, 1.807) is 6.92 Å². The topological polar surface area (TPSA) is 266 Å². The van der Waals surface area contributed by atoms with Crippen LogP contribution >= 0.6 is 0 Å². The number of carbonyl (C=O) groups excluding carboxylic acids is 2. The van der Waals surface area contributed by atoms with Crippen LogP contribution in [0.25, 0.3) is 0 Å². The van der Waals surface area contributed by atoms with Crippen molar-refractivity contribution in [3.63, 3.8) is 0 Å². The quantitative estimate of drug-likeness (QED) is 0.121. The Kier molecular flexibility index (Phi) is 11.6. The van der Waals surface area contributed by atoms with E-state index in [2.05, 4.69) is 10.6 Å². The molecule has 40 heavy (non-hydrogen) atoms. The summed E-state index contributed by atoms with van der Waals surface area (Å²) in [7, 11) is 0. The van der Waals surface area contributed by atoms with Crippen LogP contribution in [-0.4, -0.2) is 164 Å². The molecule has 17 heteroatoms. The molecule has 3 saturated heterocycles. The molecule has 232 valence electrons. The van der Waals surface area contributed by atoms with Crippen LogP contribution in [0.1, 0.15) is 20.8 Å².